The van der Waals surface area contributed by atoms with Crippen molar-refractivity contribution in [3.05, 3.63) is 22.4 Å². The minimum atomic E-state index is 0.607. The molecule has 1 aliphatic rings. The first-order valence-electron chi connectivity index (χ1n) is 5.92. The summed E-state index contributed by atoms with van der Waals surface area (Å²) >= 11 is 1.82. The van der Waals surface area contributed by atoms with Gasteiger partial charge in [0.15, 0.2) is 0 Å². The first kappa shape index (κ1) is 11.2. The largest absolute Gasteiger partial charge is 0.316 e. The molecular formula is C13H21NS. The summed E-state index contributed by atoms with van der Waals surface area (Å²) in [7, 11) is 0. The van der Waals surface area contributed by atoms with Crippen molar-refractivity contribution in [2.75, 3.05) is 13.1 Å². The normalized spacial score (nSPS) is 18.3. The van der Waals surface area contributed by atoms with Crippen LogP contribution >= 0.6 is 11.3 Å². The van der Waals surface area contributed by atoms with Gasteiger partial charge in [-0.25, -0.2) is 0 Å². The Morgan fingerprint density at radius 2 is 2.27 bits per heavy atom. The first-order valence-corrected chi connectivity index (χ1v) is 6.86. The van der Waals surface area contributed by atoms with Gasteiger partial charge in [0.2, 0.25) is 0 Å². The lowest BCUT2D eigenvalue weighted by atomic mass is 9.98. The van der Waals surface area contributed by atoms with E-state index in [0.29, 0.717) is 5.41 Å². The zero-order valence-electron chi connectivity index (χ0n) is 9.75. The van der Waals surface area contributed by atoms with Crippen LogP contribution in [-0.2, 0) is 6.42 Å². The minimum absolute atomic E-state index is 0.607. The molecule has 15 heavy (non-hydrogen) atoms. The van der Waals surface area contributed by atoms with Crippen molar-refractivity contribution in [3.63, 3.8) is 0 Å². The fourth-order valence-electron chi connectivity index (χ4n) is 2.05. The van der Waals surface area contributed by atoms with E-state index in [2.05, 4.69) is 36.0 Å². The zero-order valence-corrected chi connectivity index (χ0v) is 10.6. The van der Waals surface area contributed by atoms with Gasteiger partial charge in [-0.05, 0) is 59.5 Å². The standard InChI is InChI=1S/C13H21NS/c1-11(2)8-14-10-13(4-5-13)7-12-3-6-15-9-12/h3,6,9,11,14H,4-5,7-8,10H2,1-2H3. The van der Waals surface area contributed by atoms with Crippen molar-refractivity contribution < 1.29 is 0 Å². The van der Waals surface area contributed by atoms with Gasteiger partial charge in [-0.3, -0.25) is 0 Å². The van der Waals surface area contributed by atoms with Crippen LogP contribution in [0.3, 0.4) is 0 Å². The van der Waals surface area contributed by atoms with Crippen LogP contribution in [0.2, 0.25) is 0 Å². The molecule has 0 bridgehead atoms. The summed E-state index contributed by atoms with van der Waals surface area (Å²) in [5.41, 5.74) is 2.14. The third-order valence-electron chi connectivity index (χ3n) is 3.17. The van der Waals surface area contributed by atoms with E-state index in [0.717, 1.165) is 12.5 Å². The Kier molecular flexibility index (Phi) is 3.47. The molecule has 0 aromatic carbocycles. The average molecular weight is 223 g/mol. The van der Waals surface area contributed by atoms with E-state index in [4.69, 9.17) is 0 Å². The maximum absolute atomic E-state index is 3.60. The van der Waals surface area contributed by atoms with Crippen LogP contribution in [0, 0.1) is 11.3 Å². The Balaban J connectivity index is 1.76. The van der Waals surface area contributed by atoms with Crippen molar-refractivity contribution in [1.29, 1.82) is 0 Å². The van der Waals surface area contributed by atoms with Gasteiger partial charge in [0, 0.05) is 6.54 Å². The molecule has 2 rings (SSSR count). The molecule has 1 aromatic heterocycles. The summed E-state index contributed by atoms with van der Waals surface area (Å²) < 4.78 is 0. The van der Waals surface area contributed by atoms with Crippen molar-refractivity contribution in [2.24, 2.45) is 11.3 Å². The monoisotopic (exact) mass is 223 g/mol. The SMILES string of the molecule is CC(C)CNCC1(Cc2ccsc2)CC1. The van der Waals surface area contributed by atoms with Gasteiger partial charge >= 0.3 is 0 Å². The highest BCUT2D eigenvalue weighted by atomic mass is 32.1. The van der Waals surface area contributed by atoms with E-state index in [1.807, 2.05) is 11.3 Å². The smallest absolute Gasteiger partial charge is 0.00111 e. The van der Waals surface area contributed by atoms with Crippen LogP contribution in [0.4, 0.5) is 0 Å². The van der Waals surface area contributed by atoms with Gasteiger partial charge in [-0.1, -0.05) is 13.8 Å². The summed E-state index contributed by atoms with van der Waals surface area (Å²) in [6.45, 7) is 6.91. The lowest BCUT2D eigenvalue weighted by molar-refractivity contribution is 0.432. The number of hydrogen-bond donors (Lipinski definition) is 1. The summed E-state index contributed by atoms with van der Waals surface area (Å²) in [5.74, 6) is 0.766. The summed E-state index contributed by atoms with van der Waals surface area (Å²) in [4.78, 5) is 0. The van der Waals surface area contributed by atoms with Crippen molar-refractivity contribution in [2.45, 2.75) is 33.1 Å². The fourth-order valence-corrected chi connectivity index (χ4v) is 2.71. The molecule has 0 atom stereocenters. The second kappa shape index (κ2) is 4.67. The quantitative estimate of drug-likeness (QED) is 0.780. The molecular weight excluding hydrogens is 202 g/mol. The highest BCUT2D eigenvalue weighted by Gasteiger charge is 2.41. The second-order valence-electron chi connectivity index (χ2n) is 5.33. The highest BCUT2D eigenvalue weighted by molar-refractivity contribution is 7.07. The predicted octanol–water partition coefficient (Wildman–Crippen LogP) is 3.32. The molecule has 0 amide bonds. The highest BCUT2D eigenvalue weighted by Crippen LogP contribution is 2.47. The van der Waals surface area contributed by atoms with Crippen LogP contribution in [0.5, 0.6) is 0 Å². The molecule has 0 radical (unpaired) electrons. The molecule has 1 aromatic rings. The molecule has 1 heterocycles. The lowest BCUT2D eigenvalue weighted by Gasteiger charge is -2.16. The Bertz CT molecular complexity index is 285. The third kappa shape index (κ3) is 3.32. The number of rotatable bonds is 6. The van der Waals surface area contributed by atoms with Gasteiger partial charge in [0.05, 0.1) is 0 Å². The molecule has 1 nitrogen and oxygen atoms in total. The molecule has 1 saturated carbocycles. The molecule has 0 aliphatic heterocycles. The van der Waals surface area contributed by atoms with E-state index in [1.54, 1.807) is 0 Å². The summed E-state index contributed by atoms with van der Waals surface area (Å²) in [5, 5.41) is 8.09. The van der Waals surface area contributed by atoms with Crippen molar-refractivity contribution in [3.8, 4) is 0 Å². The van der Waals surface area contributed by atoms with Crippen LogP contribution in [0.15, 0.2) is 16.8 Å². The van der Waals surface area contributed by atoms with Crippen LogP contribution in [0.25, 0.3) is 0 Å². The first-order chi connectivity index (χ1) is 7.20. The molecule has 2 heteroatoms. The van der Waals surface area contributed by atoms with E-state index >= 15 is 0 Å². The zero-order chi connectivity index (χ0) is 10.7. The van der Waals surface area contributed by atoms with Crippen LogP contribution < -0.4 is 5.32 Å². The van der Waals surface area contributed by atoms with Gasteiger partial charge in [0.1, 0.15) is 0 Å². The van der Waals surface area contributed by atoms with E-state index in [-0.39, 0.29) is 0 Å². The van der Waals surface area contributed by atoms with Gasteiger partial charge in [0.25, 0.3) is 0 Å². The Hall–Kier alpha value is -0.340. The van der Waals surface area contributed by atoms with Crippen LogP contribution in [-0.4, -0.2) is 13.1 Å². The minimum Gasteiger partial charge on any atom is -0.316 e. The fraction of sp³-hybridized carbons (Fsp3) is 0.692. The summed E-state index contributed by atoms with van der Waals surface area (Å²) in [6.07, 6.45) is 4.10. The topological polar surface area (TPSA) is 12.0 Å². The molecule has 1 fully saturated rings. The predicted molar refractivity (Wildman–Crippen MR) is 67.4 cm³/mol. The molecule has 0 saturated heterocycles. The van der Waals surface area contributed by atoms with Gasteiger partial charge in [-0.15, -0.1) is 0 Å². The Labute approximate surface area is 96.9 Å². The van der Waals surface area contributed by atoms with E-state index < -0.39 is 0 Å². The third-order valence-corrected chi connectivity index (χ3v) is 3.90. The lowest BCUT2D eigenvalue weighted by Crippen LogP contribution is -2.28. The van der Waals surface area contributed by atoms with Gasteiger partial charge in [-0.2, -0.15) is 11.3 Å². The molecule has 84 valence electrons. The molecule has 1 aliphatic carbocycles. The van der Waals surface area contributed by atoms with Crippen LogP contribution in [0.1, 0.15) is 32.3 Å². The van der Waals surface area contributed by atoms with Crippen molar-refractivity contribution in [1.82, 2.24) is 5.32 Å². The summed E-state index contributed by atoms with van der Waals surface area (Å²) in [6, 6.07) is 2.27. The molecule has 0 unspecified atom stereocenters. The molecule has 0 spiro atoms. The molecule has 1 N–H and O–H groups in total. The van der Waals surface area contributed by atoms with E-state index in [1.165, 1.54) is 31.4 Å². The number of nitrogens with one attached hydrogen (secondary N) is 1. The maximum atomic E-state index is 3.60. The Morgan fingerprint density at radius 1 is 1.47 bits per heavy atom. The second-order valence-corrected chi connectivity index (χ2v) is 6.11. The van der Waals surface area contributed by atoms with Gasteiger partial charge < -0.3 is 5.32 Å². The average Bonchev–Trinajstić information content (AvgIpc) is 2.74. The maximum Gasteiger partial charge on any atom is 0.00111 e. The Morgan fingerprint density at radius 3 is 2.80 bits per heavy atom. The number of thiophene rings is 1. The van der Waals surface area contributed by atoms with Crippen molar-refractivity contribution >= 4 is 11.3 Å². The van der Waals surface area contributed by atoms with E-state index in [9.17, 15) is 0 Å². The number of hydrogen-bond acceptors (Lipinski definition) is 2.